The van der Waals surface area contributed by atoms with E-state index in [2.05, 4.69) is 32.8 Å². The molecule has 2 saturated heterocycles. The second kappa shape index (κ2) is 7.99. The van der Waals surface area contributed by atoms with E-state index in [1.54, 1.807) is 12.4 Å². The van der Waals surface area contributed by atoms with Crippen molar-refractivity contribution in [2.24, 2.45) is 5.41 Å². The first-order chi connectivity index (χ1) is 14.6. The normalized spacial score (nSPS) is 21.0. The Morgan fingerprint density at radius 2 is 1.83 bits per heavy atom. The highest BCUT2D eigenvalue weighted by atomic mass is 16.5. The topological polar surface area (TPSA) is 58.6 Å². The van der Waals surface area contributed by atoms with E-state index in [-0.39, 0.29) is 5.97 Å². The molecule has 2 aromatic rings. The van der Waals surface area contributed by atoms with Crippen molar-refractivity contribution in [1.29, 1.82) is 0 Å². The molecule has 0 saturated carbocycles. The second-order valence-corrected chi connectivity index (χ2v) is 9.09. The first-order valence-corrected chi connectivity index (χ1v) is 11.2. The number of piperidine rings is 2. The summed E-state index contributed by atoms with van der Waals surface area (Å²) in [5.74, 6) is 0.841. The van der Waals surface area contributed by atoms with Gasteiger partial charge >= 0.3 is 5.97 Å². The number of nitrogens with zero attached hydrogens (tertiary/aromatic N) is 4. The average molecular weight is 407 g/mol. The van der Waals surface area contributed by atoms with Crippen LogP contribution in [0.15, 0.2) is 30.7 Å². The quantitative estimate of drug-likeness (QED) is 0.726. The first kappa shape index (κ1) is 19.5. The predicted octanol–water partition coefficient (Wildman–Crippen LogP) is 3.38. The zero-order chi connectivity index (χ0) is 20.6. The van der Waals surface area contributed by atoms with Crippen molar-refractivity contribution in [3.05, 3.63) is 53.0 Å². The molecule has 0 unspecified atom stereocenters. The Bertz CT molecular complexity index is 912. The van der Waals surface area contributed by atoms with Gasteiger partial charge in [0.1, 0.15) is 12.4 Å². The summed E-state index contributed by atoms with van der Waals surface area (Å²) in [7, 11) is 0. The molecule has 0 atom stereocenters. The predicted molar refractivity (Wildman–Crippen MR) is 116 cm³/mol. The molecule has 2 fully saturated rings. The third kappa shape index (κ3) is 3.69. The Morgan fingerprint density at radius 1 is 1.07 bits per heavy atom. The molecule has 6 nitrogen and oxygen atoms in total. The molecular weight excluding hydrogens is 376 g/mol. The SMILES string of the molecule is Cc1c(CCN2CCC3(CC2)CCN(c2cnccn2)CC3)ccc2c1COC2=O. The van der Waals surface area contributed by atoms with Gasteiger partial charge in [-0.2, -0.15) is 0 Å². The number of aromatic nitrogens is 2. The highest BCUT2D eigenvalue weighted by Gasteiger charge is 2.37. The molecule has 0 radical (unpaired) electrons. The molecule has 6 heteroatoms. The Morgan fingerprint density at radius 3 is 2.57 bits per heavy atom. The summed E-state index contributed by atoms with van der Waals surface area (Å²) >= 11 is 0. The molecule has 1 aromatic carbocycles. The maximum atomic E-state index is 11.7. The van der Waals surface area contributed by atoms with Gasteiger partial charge in [0.15, 0.2) is 0 Å². The summed E-state index contributed by atoms with van der Waals surface area (Å²) in [6, 6.07) is 4.07. The van der Waals surface area contributed by atoms with Gasteiger partial charge in [0.2, 0.25) is 0 Å². The Hall–Kier alpha value is -2.47. The standard InChI is InChI=1S/C24H30N4O2/c1-18-19(2-3-20-21(18)17-30-23(20)29)4-11-27-12-5-24(6-13-27)7-14-28(15-8-24)22-16-25-9-10-26-22/h2-3,9-10,16H,4-8,11-15,17H2,1H3. The highest BCUT2D eigenvalue weighted by molar-refractivity contribution is 5.93. The lowest BCUT2D eigenvalue weighted by atomic mass is 9.71. The van der Waals surface area contributed by atoms with Crippen LogP contribution in [-0.2, 0) is 17.8 Å². The van der Waals surface area contributed by atoms with Crippen LogP contribution in [0.5, 0.6) is 0 Å². The number of anilines is 1. The molecule has 30 heavy (non-hydrogen) atoms. The minimum atomic E-state index is -0.175. The number of ether oxygens (including phenoxy) is 1. The molecule has 0 bridgehead atoms. The molecular formula is C24H30N4O2. The minimum Gasteiger partial charge on any atom is -0.457 e. The molecule has 1 spiro atoms. The lowest BCUT2D eigenvalue weighted by Crippen LogP contribution is -2.47. The first-order valence-electron chi connectivity index (χ1n) is 11.2. The van der Waals surface area contributed by atoms with Crippen LogP contribution < -0.4 is 4.90 Å². The number of likely N-dealkylation sites (tertiary alicyclic amines) is 1. The number of esters is 1. The van der Waals surface area contributed by atoms with E-state index in [4.69, 9.17) is 4.74 Å². The van der Waals surface area contributed by atoms with Crippen molar-refractivity contribution in [3.63, 3.8) is 0 Å². The molecule has 0 aliphatic carbocycles. The maximum absolute atomic E-state index is 11.7. The van der Waals surface area contributed by atoms with Crippen molar-refractivity contribution in [3.8, 4) is 0 Å². The van der Waals surface area contributed by atoms with Gasteiger partial charge in [-0.05, 0) is 74.7 Å². The smallest absolute Gasteiger partial charge is 0.338 e. The largest absolute Gasteiger partial charge is 0.457 e. The van der Waals surface area contributed by atoms with E-state index in [0.717, 1.165) is 43.0 Å². The number of hydrogen-bond acceptors (Lipinski definition) is 6. The van der Waals surface area contributed by atoms with Crippen LogP contribution in [0.4, 0.5) is 5.82 Å². The summed E-state index contributed by atoms with van der Waals surface area (Å²) < 4.78 is 5.19. The zero-order valence-electron chi connectivity index (χ0n) is 17.8. The van der Waals surface area contributed by atoms with Gasteiger partial charge in [0.05, 0.1) is 11.8 Å². The fraction of sp³-hybridized carbons (Fsp3) is 0.542. The monoisotopic (exact) mass is 406 g/mol. The van der Waals surface area contributed by atoms with Gasteiger partial charge < -0.3 is 14.5 Å². The highest BCUT2D eigenvalue weighted by Crippen LogP contribution is 2.41. The van der Waals surface area contributed by atoms with E-state index < -0.39 is 0 Å². The number of carbonyl (C=O) groups is 1. The fourth-order valence-corrected chi connectivity index (χ4v) is 5.36. The number of cyclic esters (lactones) is 1. The molecule has 3 aliphatic rings. The van der Waals surface area contributed by atoms with Crippen molar-refractivity contribution >= 4 is 11.8 Å². The average Bonchev–Trinajstić information content (AvgIpc) is 3.17. The number of benzene rings is 1. The van der Waals surface area contributed by atoms with E-state index >= 15 is 0 Å². The van der Waals surface area contributed by atoms with Crippen LogP contribution in [0.2, 0.25) is 0 Å². The molecule has 0 N–H and O–H groups in total. The molecule has 5 rings (SSSR count). The number of hydrogen-bond donors (Lipinski definition) is 0. The van der Waals surface area contributed by atoms with Gasteiger partial charge in [-0.3, -0.25) is 4.98 Å². The molecule has 0 amide bonds. The van der Waals surface area contributed by atoms with Crippen molar-refractivity contribution in [2.45, 2.75) is 45.6 Å². The third-order valence-corrected chi connectivity index (χ3v) is 7.59. The van der Waals surface area contributed by atoms with Crippen LogP contribution in [0.3, 0.4) is 0 Å². The van der Waals surface area contributed by atoms with Gasteiger partial charge in [-0.25, -0.2) is 9.78 Å². The van der Waals surface area contributed by atoms with E-state index in [1.807, 2.05) is 12.3 Å². The maximum Gasteiger partial charge on any atom is 0.338 e. The summed E-state index contributed by atoms with van der Waals surface area (Å²) in [5, 5.41) is 0. The summed E-state index contributed by atoms with van der Waals surface area (Å²) in [4.78, 5) is 25.4. The van der Waals surface area contributed by atoms with Gasteiger partial charge in [-0.1, -0.05) is 6.07 Å². The van der Waals surface area contributed by atoms with Crippen molar-refractivity contribution in [2.75, 3.05) is 37.6 Å². The number of rotatable bonds is 4. The minimum absolute atomic E-state index is 0.175. The Labute approximate surface area is 178 Å². The van der Waals surface area contributed by atoms with Crippen LogP contribution in [0, 0.1) is 12.3 Å². The Kier molecular flexibility index (Phi) is 5.19. The lowest BCUT2D eigenvalue weighted by Gasteiger charge is -2.47. The van der Waals surface area contributed by atoms with E-state index in [0.29, 0.717) is 12.0 Å². The molecule has 3 aliphatic heterocycles. The van der Waals surface area contributed by atoms with Crippen molar-refractivity contribution in [1.82, 2.24) is 14.9 Å². The van der Waals surface area contributed by atoms with Crippen molar-refractivity contribution < 1.29 is 9.53 Å². The van der Waals surface area contributed by atoms with Crippen LogP contribution in [0.1, 0.15) is 52.7 Å². The van der Waals surface area contributed by atoms with Gasteiger partial charge in [-0.15, -0.1) is 0 Å². The van der Waals surface area contributed by atoms with Gasteiger partial charge in [0.25, 0.3) is 0 Å². The third-order valence-electron chi connectivity index (χ3n) is 7.59. The van der Waals surface area contributed by atoms with Crippen LogP contribution >= 0.6 is 0 Å². The molecule has 4 heterocycles. The number of fused-ring (bicyclic) bond motifs is 1. The second-order valence-electron chi connectivity index (χ2n) is 9.09. The molecule has 1 aromatic heterocycles. The zero-order valence-corrected chi connectivity index (χ0v) is 17.8. The summed E-state index contributed by atoms with van der Waals surface area (Å²) in [6.07, 6.45) is 11.6. The Balaban J connectivity index is 1.13. The number of carbonyl (C=O) groups excluding carboxylic acids is 1. The van der Waals surface area contributed by atoms with E-state index in [1.165, 1.54) is 49.9 Å². The molecule has 158 valence electrons. The summed E-state index contributed by atoms with van der Waals surface area (Å²) in [5.41, 5.74) is 4.94. The van der Waals surface area contributed by atoms with Gasteiger partial charge in [0, 0.05) is 37.6 Å². The fourth-order valence-electron chi connectivity index (χ4n) is 5.36. The van der Waals surface area contributed by atoms with E-state index in [9.17, 15) is 4.79 Å². The lowest BCUT2D eigenvalue weighted by molar-refractivity contribution is 0.0535. The van der Waals surface area contributed by atoms with Crippen LogP contribution in [-0.4, -0.2) is 53.6 Å². The van der Waals surface area contributed by atoms with Crippen LogP contribution in [0.25, 0.3) is 0 Å². The summed E-state index contributed by atoms with van der Waals surface area (Å²) in [6.45, 7) is 8.23.